The van der Waals surface area contributed by atoms with Crippen LogP contribution in [0, 0.1) is 6.92 Å². The van der Waals surface area contributed by atoms with Gasteiger partial charge < -0.3 is 14.7 Å². The minimum Gasteiger partial charge on any atom is -0.487 e. The fourth-order valence-electron chi connectivity index (χ4n) is 4.42. The van der Waals surface area contributed by atoms with Crippen molar-refractivity contribution in [3.05, 3.63) is 72.1 Å². The quantitative estimate of drug-likeness (QED) is 0.527. The normalized spacial score (nSPS) is 19.1. The molecule has 158 valence electrons. The number of rotatable bonds is 4. The predicted molar refractivity (Wildman–Crippen MR) is 125 cm³/mol. The molecule has 0 unspecified atom stereocenters. The molecule has 2 aromatic carbocycles. The van der Waals surface area contributed by atoms with E-state index in [0.717, 1.165) is 47.2 Å². The van der Waals surface area contributed by atoms with Crippen molar-refractivity contribution < 1.29 is 9.84 Å². The van der Waals surface area contributed by atoms with Gasteiger partial charge in [0, 0.05) is 48.1 Å². The second-order valence-corrected chi connectivity index (χ2v) is 8.31. The Kier molecular flexibility index (Phi) is 5.20. The van der Waals surface area contributed by atoms with Gasteiger partial charge in [0.2, 0.25) is 0 Å². The van der Waals surface area contributed by atoms with E-state index in [9.17, 15) is 5.11 Å². The summed E-state index contributed by atoms with van der Waals surface area (Å²) in [7, 11) is 0. The fraction of sp³-hybridized carbons (Fsp3) is 0.308. The van der Waals surface area contributed by atoms with Crippen molar-refractivity contribution in [2.45, 2.75) is 38.9 Å². The molecule has 2 aromatic heterocycles. The van der Waals surface area contributed by atoms with Crippen LogP contribution in [-0.4, -0.2) is 40.4 Å². The fourth-order valence-corrected chi connectivity index (χ4v) is 4.42. The monoisotopic (exact) mass is 413 g/mol. The van der Waals surface area contributed by atoms with Gasteiger partial charge in [0.1, 0.15) is 23.8 Å². The highest BCUT2D eigenvalue weighted by Crippen LogP contribution is 2.30. The van der Waals surface area contributed by atoms with Crippen molar-refractivity contribution in [3.8, 4) is 5.75 Å². The lowest BCUT2D eigenvalue weighted by Crippen LogP contribution is -2.49. The highest BCUT2D eigenvalue weighted by Gasteiger charge is 2.30. The number of aliphatic hydroxyl groups excluding tert-OH is 1. The maximum Gasteiger partial charge on any atom is 0.129 e. The van der Waals surface area contributed by atoms with Gasteiger partial charge in [0.15, 0.2) is 0 Å². The number of fused-ring (bicyclic) bond motifs is 2. The molecule has 3 heterocycles. The molecule has 5 heteroatoms. The van der Waals surface area contributed by atoms with Gasteiger partial charge in [0.05, 0.1) is 5.52 Å². The molecular formula is C26H27N3O2. The van der Waals surface area contributed by atoms with E-state index in [1.807, 2.05) is 30.5 Å². The maximum absolute atomic E-state index is 10.9. The van der Waals surface area contributed by atoms with E-state index in [-0.39, 0.29) is 6.10 Å². The Morgan fingerprint density at radius 2 is 2.03 bits per heavy atom. The van der Waals surface area contributed by atoms with Crippen molar-refractivity contribution in [3.63, 3.8) is 0 Å². The van der Waals surface area contributed by atoms with Crippen LogP contribution in [0.15, 0.2) is 60.9 Å². The second-order valence-electron chi connectivity index (χ2n) is 8.31. The summed E-state index contributed by atoms with van der Waals surface area (Å²) in [6.07, 6.45) is 4.51. The van der Waals surface area contributed by atoms with E-state index < -0.39 is 6.10 Å². The number of hydrogen-bond acceptors (Lipinski definition) is 5. The van der Waals surface area contributed by atoms with Gasteiger partial charge in [-0.1, -0.05) is 25.1 Å². The molecule has 0 amide bonds. The molecule has 0 spiro atoms. The number of hydrogen-bond donors (Lipinski definition) is 1. The number of nitrogens with zero attached hydrogens (tertiary/aromatic N) is 3. The van der Waals surface area contributed by atoms with E-state index >= 15 is 0 Å². The van der Waals surface area contributed by atoms with Crippen molar-refractivity contribution in [2.75, 3.05) is 18.0 Å². The van der Waals surface area contributed by atoms with Gasteiger partial charge in [-0.15, -0.1) is 0 Å². The highest BCUT2D eigenvalue weighted by molar-refractivity contribution is 5.87. The third kappa shape index (κ3) is 3.81. The first-order valence-corrected chi connectivity index (χ1v) is 10.9. The number of aryl methyl sites for hydroxylation is 2. The number of aromatic nitrogens is 2. The van der Waals surface area contributed by atoms with Crippen LogP contribution in [0.25, 0.3) is 21.7 Å². The van der Waals surface area contributed by atoms with Crippen LogP contribution >= 0.6 is 0 Å². The zero-order chi connectivity index (χ0) is 21.4. The van der Waals surface area contributed by atoms with Crippen molar-refractivity contribution >= 4 is 27.5 Å². The smallest absolute Gasteiger partial charge is 0.129 e. The average molecular weight is 414 g/mol. The van der Waals surface area contributed by atoms with Crippen LogP contribution < -0.4 is 9.64 Å². The molecule has 1 aliphatic rings. The van der Waals surface area contributed by atoms with Crippen molar-refractivity contribution in [2.24, 2.45) is 0 Å². The highest BCUT2D eigenvalue weighted by atomic mass is 16.5. The van der Waals surface area contributed by atoms with Gasteiger partial charge in [-0.25, -0.2) is 4.98 Å². The number of piperidine rings is 1. The Labute approximate surface area is 182 Å². The molecule has 5 nitrogen and oxygen atoms in total. The lowest BCUT2D eigenvalue weighted by Gasteiger charge is -2.37. The Morgan fingerprint density at radius 3 is 2.87 bits per heavy atom. The zero-order valence-electron chi connectivity index (χ0n) is 18.0. The Morgan fingerprint density at radius 1 is 1.13 bits per heavy atom. The number of β-amino-alcohol motifs (C(OH)–C–C–N with tert-alkyl or cyclic N) is 1. The summed E-state index contributed by atoms with van der Waals surface area (Å²) in [4.78, 5) is 11.2. The van der Waals surface area contributed by atoms with Gasteiger partial charge in [-0.05, 0) is 54.8 Å². The number of ether oxygens (including phenoxy) is 1. The van der Waals surface area contributed by atoms with Crippen LogP contribution in [0.1, 0.15) is 24.5 Å². The molecule has 2 atom stereocenters. The summed E-state index contributed by atoms with van der Waals surface area (Å²) in [6.45, 7) is 5.59. The molecule has 1 aliphatic heterocycles. The first kappa shape index (κ1) is 19.8. The lowest BCUT2D eigenvalue weighted by molar-refractivity contribution is 0.0249. The van der Waals surface area contributed by atoms with Crippen LogP contribution in [0.2, 0.25) is 0 Å². The number of aliphatic hydroxyl groups is 1. The maximum atomic E-state index is 10.9. The molecule has 0 aliphatic carbocycles. The van der Waals surface area contributed by atoms with Crippen molar-refractivity contribution in [1.82, 2.24) is 9.97 Å². The molecule has 1 N–H and O–H groups in total. The zero-order valence-corrected chi connectivity index (χ0v) is 18.0. The molecule has 1 saturated heterocycles. The first-order chi connectivity index (χ1) is 15.1. The van der Waals surface area contributed by atoms with Gasteiger partial charge >= 0.3 is 0 Å². The van der Waals surface area contributed by atoms with E-state index in [1.165, 1.54) is 16.5 Å². The predicted octanol–water partition coefficient (Wildman–Crippen LogP) is 4.67. The van der Waals surface area contributed by atoms with Crippen molar-refractivity contribution in [1.29, 1.82) is 0 Å². The molecule has 0 radical (unpaired) electrons. The third-order valence-corrected chi connectivity index (χ3v) is 6.24. The number of pyridine rings is 2. The van der Waals surface area contributed by atoms with Crippen LogP contribution in [0.4, 0.5) is 5.82 Å². The van der Waals surface area contributed by atoms with E-state index in [4.69, 9.17) is 9.72 Å². The van der Waals surface area contributed by atoms with Gasteiger partial charge in [-0.2, -0.15) is 0 Å². The van der Waals surface area contributed by atoms with E-state index in [2.05, 4.69) is 48.0 Å². The number of anilines is 1. The van der Waals surface area contributed by atoms with Crippen LogP contribution in [-0.2, 0) is 6.42 Å². The molecule has 1 fully saturated rings. The summed E-state index contributed by atoms with van der Waals surface area (Å²) in [5.74, 6) is 1.71. The van der Waals surface area contributed by atoms with E-state index in [1.54, 1.807) is 6.20 Å². The SMILES string of the molecule is CCc1ccc2nc(N3CC[C@@H](Oc4cccc5cnccc45)[C@H](O)C3)cc(C)c2c1. The number of benzene rings is 2. The lowest BCUT2D eigenvalue weighted by atomic mass is 10.0. The minimum absolute atomic E-state index is 0.247. The third-order valence-electron chi connectivity index (χ3n) is 6.24. The summed E-state index contributed by atoms with van der Waals surface area (Å²) in [5.41, 5.74) is 3.54. The van der Waals surface area contributed by atoms with E-state index in [0.29, 0.717) is 6.54 Å². The molecule has 0 bridgehead atoms. The van der Waals surface area contributed by atoms with Gasteiger partial charge in [0.25, 0.3) is 0 Å². The summed E-state index contributed by atoms with van der Waals surface area (Å²) < 4.78 is 6.26. The standard InChI is InChI=1S/C26H27N3O2/c1-3-18-7-8-22-21(14-18)17(2)13-26(28-22)29-12-10-25(23(30)16-29)31-24-6-4-5-19-15-27-11-9-20(19)24/h4-9,11,13-15,23,25,30H,3,10,12,16H2,1-2H3/t23-,25-/m1/s1. The minimum atomic E-state index is -0.592. The van der Waals surface area contributed by atoms with Crippen LogP contribution in [0.5, 0.6) is 5.75 Å². The Bertz CT molecular complexity index is 1230. The Hall–Kier alpha value is -3.18. The first-order valence-electron chi connectivity index (χ1n) is 10.9. The summed E-state index contributed by atoms with van der Waals surface area (Å²) >= 11 is 0. The Balaban J connectivity index is 1.35. The molecular weight excluding hydrogens is 386 g/mol. The molecule has 5 rings (SSSR count). The summed E-state index contributed by atoms with van der Waals surface area (Å²) in [6, 6.07) is 16.5. The largest absolute Gasteiger partial charge is 0.487 e. The summed E-state index contributed by atoms with van der Waals surface area (Å²) in [5, 5.41) is 14.1. The topological polar surface area (TPSA) is 58.5 Å². The molecule has 31 heavy (non-hydrogen) atoms. The van der Waals surface area contributed by atoms with Gasteiger partial charge in [-0.3, -0.25) is 4.98 Å². The molecule has 4 aromatic rings. The van der Waals surface area contributed by atoms with Crippen LogP contribution in [0.3, 0.4) is 0 Å². The molecule has 0 saturated carbocycles. The second kappa shape index (κ2) is 8.16. The average Bonchev–Trinajstić information content (AvgIpc) is 2.80.